The van der Waals surface area contributed by atoms with Crippen molar-refractivity contribution in [2.75, 3.05) is 18.4 Å². The van der Waals surface area contributed by atoms with Crippen LogP contribution in [0.1, 0.15) is 25.7 Å². The Morgan fingerprint density at radius 1 is 1.29 bits per heavy atom. The van der Waals surface area contributed by atoms with Crippen LogP contribution >= 0.6 is 0 Å². The minimum atomic E-state index is -0.907. The molecule has 0 aromatic heterocycles. The first-order valence-corrected chi connectivity index (χ1v) is 7.09. The van der Waals surface area contributed by atoms with Crippen LogP contribution < -0.4 is 5.32 Å². The molecule has 2 rings (SSSR count). The summed E-state index contributed by atoms with van der Waals surface area (Å²) in [5.74, 6) is -1.81. The molecule has 6 heteroatoms. The fraction of sp³-hybridized carbons (Fsp3) is 0.467. The first kappa shape index (κ1) is 15.4. The van der Waals surface area contributed by atoms with Crippen LogP contribution in [0.15, 0.2) is 24.3 Å². The summed E-state index contributed by atoms with van der Waals surface area (Å²) in [4.78, 5) is 24.9. The molecule has 0 spiro atoms. The Kier molecular flexibility index (Phi) is 5.27. The largest absolute Gasteiger partial charge is 0.480 e. The number of hydrogen-bond donors (Lipinski definition) is 2. The molecule has 2 N–H and O–H groups in total. The molecule has 1 atom stereocenters. The second-order valence-electron chi connectivity index (χ2n) is 5.20. The summed E-state index contributed by atoms with van der Waals surface area (Å²) < 4.78 is 13.5. The van der Waals surface area contributed by atoms with E-state index in [4.69, 9.17) is 0 Å². The minimum absolute atomic E-state index is 0.0364. The number of nitrogens with zero attached hydrogens (tertiary/aromatic N) is 1. The number of hydrogen-bond acceptors (Lipinski definition) is 3. The van der Waals surface area contributed by atoms with E-state index < -0.39 is 23.7 Å². The number of amides is 1. The van der Waals surface area contributed by atoms with E-state index in [1.807, 2.05) is 0 Å². The Morgan fingerprint density at radius 3 is 2.76 bits per heavy atom. The van der Waals surface area contributed by atoms with Crippen molar-refractivity contribution < 1.29 is 19.1 Å². The standard InChI is InChI=1S/C15H19FN2O3/c16-11-6-3-4-7-12(11)17-14(19)10-18-9-5-1-2-8-13(18)15(20)21/h3-4,6-7,13H,1-2,5,8-10H2,(H,17,19)(H,20,21). The fourth-order valence-corrected chi connectivity index (χ4v) is 2.57. The first-order chi connectivity index (χ1) is 10.1. The van der Waals surface area contributed by atoms with Gasteiger partial charge in [-0.1, -0.05) is 25.0 Å². The number of rotatable bonds is 4. The van der Waals surface area contributed by atoms with Gasteiger partial charge >= 0.3 is 5.97 Å². The molecule has 1 amide bonds. The summed E-state index contributed by atoms with van der Waals surface area (Å²) in [7, 11) is 0. The van der Waals surface area contributed by atoms with Crippen LogP contribution in [0, 0.1) is 5.82 Å². The molecule has 1 unspecified atom stereocenters. The normalized spacial score (nSPS) is 19.8. The van der Waals surface area contributed by atoms with Crippen LogP contribution in [0.3, 0.4) is 0 Å². The van der Waals surface area contributed by atoms with Crippen molar-refractivity contribution in [3.63, 3.8) is 0 Å². The average Bonchev–Trinajstić information content (AvgIpc) is 2.67. The number of carboxylic acids is 1. The number of anilines is 1. The number of para-hydroxylation sites is 1. The Labute approximate surface area is 122 Å². The van der Waals surface area contributed by atoms with E-state index >= 15 is 0 Å². The molecule has 0 saturated carbocycles. The fourth-order valence-electron chi connectivity index (χ4n) is 2.57. The van der Waals surface area contributed by atoms with Crippen LogP contribution in [0.25, 0.3) is 0 Å². The Morgan fingerprint density at radius 2 is 2.05 bits per heavy atom. The van der Waals surface area contributed by atoms with E-state index in [9.17, 15) is 19.1 Å². The van der Waals surface area contributed by atoms with Crippen molar-refractivity contribution >= 4 is 17.6 Å². The smallest absolute Gasteiger partial charge is 0.320 e. The van der Waals surface area contributed by atoms with Crippen LogP contribution in [-0.2, 0) is 9.59 Å². The lowest BCUT2D eigenvalue weighted by molar-refractivity contribution is -0.143. The van der Waals surface area contributed by atoms with Gasteiger partial charge < -0.3 is 10.4 Å². The lowest BCUT2D eigenvalue weighted by atomic mass is 10.1. The molecule has 1 aromatic rings. The molecule has 21 heavy (non-hydrogen) atoms. The molecule has 5 nitrogen and oxygen atoms in total. The quantitative estimate of drug-likeness (QED) is 0.892. The molecule has 1 heterocycles. The van der Waals surface area contributed by atoms with Gasteiger partial charge in [-0.05, 0) is 31.5 Å². The van der Waals surface area contributed by atoms with Crippen molar-refractivity contribution in [2.24, 2.45) is 0 Å². The van der Waals surface area contributed by atoms with Gasteiger partial charge in [0.05, 0.1) is 12.2 Å². The van der Waals surface area contributed by atoms with Crippen molar-refractivity contribution in [3.8, 4) is 0 Å². The average molecular weight is 294 g/mol. The highest BCUT2D eigenvalue weighted by Gasteiger charge is 2.28. The summed E-state index contributed by atoms with van der Waals surface area (Å²) in [5, 5.41) is 11.7. The number of halogens is 1. The summed E-state index contributed by atoms with van der Waals surface area (Å²) >= 11 is 0. The van der Waals surface area contributed by atoms with Crippen molar-refractivity contribution in [3.05, 3.63) is 30.1 Å². The summed E-state index contributed by atoms with van der Waals surface area (Å²) in [6, 6.07) is 5.27. The molecule has 114 valence electrons. The molecule has 1 aliphatic rings. The number of aliphatic carboxylic acids is 1. The van der Waals surface area contributed by atoms with Gasteiger partial charge in [0.2, 0.25) is 5.91 Å². The third kappa shape index (κ3) is 4.26. The topological polar surface area (TPSA) is 69.6 Å². The molecule has 1 aromatic carbocycles. The van der Waals surface area contributed by atoms with E-state index in [2.05, 4.69) is 5.32 Å². The van der Waals surface area contributed by atoms with Gasteiger partial charge in [0.25, 0.3) is 0 Å². The van der Waals surface area contributed by atoms with E-state index in [0.29, 0.717) is 13.0 Å². The maximum absolute atomic E-state index is 13.5. The summed E-state index contributed by atoms with van der Waals surface area (Å²) in [6.07, 6.45) is 3.23. The van der Waals surface area contributed by atoms with E-state index in [0.717, 1.165) is 19.3 Å². The van der Waals surface area contributed by atoms with Crippen LogP contribution in [-0.4, -0.2) is 41.0 Å². The zero-order valence-corrected chi connectivity index (χ0v) is 11.7. The highest BCUT2D eigenvalue weighted by atomic mass is 19.1. The van der Waals surface area contributed by atoms with E-state index in [1.54, 1.807) is 17.0 Å². The van der Waals surface area contributed by atoms with Crippen molar-refractivity contribution in [1.82, 2.24) is 4.90 Å². The first-order valence-electron chi connectivity index (χ1n) is 7.09. The van der Waals surface area contributed by atoms with Crippen LogP contribution in [0.4, 0.5) is 10.1 Å². The highest BCUT2D eigenvalue weighted by Crippen LogP contribution is 2.17. The van der Waals surface area contributed by atoms with Gasteiger partial charge in [0.1, 0.15) is 11.9 Å². The summed E-state index contributed by atoms with van der Waals surface area (Å²) in [5.41, 5.74) is 0.115. The Bertz CT molecular complexity index is 521. The Balaban J connectivity index is 2.00. The van der Waals surface area contributed by atoms with Crippen LogP contribution in [0.2, 0.25) is 0 Å². The maximum Gasteiger partial charge on any atom is 0.320 e. The van der Waals surface area contributed by atoms with Gasteiger partial charge in [-0.15, -0.1) is 0 Å². The molecule has 1 aliphatic heterocycles. The highest BCUT2D eigenvalue weighted by molar-refractivity contribution is 5.92. The van der Waals surface area contributed by atoms with Gasteiger partial charge in [0, 0.05) is 0 Å². The van der Waals surface area contributed by atoms with Gasteiger partial charge in [-0.3, -0.25) is 14.5 Å². The number of carbonyl (C=O) groups excluding carboxylic acids is 1. The molecule has 0 radical (unpaired) electrons. The number of likely N-dealkylation sites (tertiary alicyclic amines) is 1. The predicted octanol–water partition coefficient (Wildman–Crippen LogP) is 2.09. The number of nitrogens with one attached hydrogen (secondary N) is 1. The third-order valence-electron chi connectivity index (χ3n) is 3.64. The number of carboxylic acid groups (broad SMARTS) is 1. The summed E-state index contributed by atoms with van der Waals surface area (Å²) in [6.45, 7) is 0.535. The second kappa shape index (κ2) is 7.17. The third-order valence-corrected chi connectivity index (χ3v) is 3.64. The molecular formula is C15H19FN2O3. The minimum Gasteiger partial charge on any atom is -0.480 e. The van der Waals surface area contributed by atoms with Gasteiger partial charge in [-0.25, -0.2) is 4.39 Å². The Hall–Kier alpha value is -1.95. The molecular weight excluding hydrogens is 275 g/mol. The van der Waals surface area contributed by atoms with E-state index in [1.165, 1.54) is 12.1 Å². The lowest BCUT2D eigenvalue weighted by Crippen LogP contribution is -2.44. The van der Waals surface area contributed by atoms with E-state index in [-0.39, 0.29) is 12.2 Å². The van der Waals surface area contributed by atoms with Gasteiger partial charge in [-0.2, -0.15) is 0 Å². The number of carbonyl (C=O) groups is 2. The maximum atomic E-state index is 13.5. The molecule has 0 aliphatic carbocycles. The molecule has 0 bridgehead atoms. The van der Waals surface area contributed by atoms with Crippen LogP contribution in [0.5, 0.6) is 0 Å². The van der Waals surface area contributed by atoms with Crippen molar-refractivity contribution in [2.45, 2.75) is 31.7 Å². The predicted molar refractivity (Wildman–Crippen MR) is 76.5 cm³/mol. The second-order valence-corrected chi connectivity index (χ2v) is 5.20. The monoisotopic (exact) mass is 294 g/mol. The number of benzene rings is 1. The molecule has 1 saturated heterocycles. The lowest BCUT2D eigenvalue weighted by Gasteiger charge is -2.25. The van der Waals surface area contributed by atoms with Gasteiger partial charge in [0.15, 0.2) is 0 Å². The zero-order valence-electron chi connectivity index (χ0n) is 11.7. The van der Waals surface area contributed by atoms with Crippen molar-refractivity contribution in [1.29, 1.82) is 0 Å². The molecule has 1 fully saturated rings. The zero-order chi connectivity index (χ0) is 15.2. The SMILES string of the molecule is O=C(CN1CCCCCC1C(=O)O)Nc1ccccc1F.